The molecule has 6 amide bonds. The van der Waals surface area contributed by atoms with Gasteiger partial charge in [-0.2, -0.15) is 0 Å². The van der Waals surface area contributed by atoms with Crippen LogP contribution in [-0.2, 0) is 59.6 Å². The molecule has 8 rings (SSSR count). The largest absolute Gasteiger partial charge is 0.369 e. The van der Waals surface area contributed by atoms with Crippen molar-refractivity contribution in [2.75, 3.05) is 27.2 Å². The number of aryl methyl sites for hydroxylation is 2. The second-order valence-electron chi connectivity index (χ2n) is 23.6. The van der Waals surface area contributed by atoms with Gasteiger partial charge in [0.25, 0.3) is 0 Å². The van der Waals surface area contributed by atoms with E-state index in [0.717, 1.165) is 49.7 Å². The Morgan fingerprint density at radius 1 is 0.610 bits per heavy atom. The average molecular weight is 1060 g/mol. The summed E-state index contributed by atoms with van der Waals surface area (Å²) in [5.74, 6) is -1.87. The molecule has 2 aliphatic heterocycles. The van der Waals surface area contributed by atoms with Gasteiger partial charge in [0, 0.05) is 25.9 Å². The highest BCUT2D eigenvalue weighted by molar-refractivity contribution is 5.95. The third kappa shape index (κ3) is 13.1. The monoisotopic (exact) mass is 1060 g/mol. The fraction of sp³-hybridized carbons (Fsp3) is 0.607. The predicted molar refractivity (Wildman–Crippen MR) is 287 cm³/mol. The highest BCUT2D eigenvalue weighted by Gasteiger charge is 2.48. The van der Waals surface area contributed by atoms with E-state index < -0.39 is 59.2 Å². The predicted octanol–water partition coefficient (Wildman–Crippen LogP) is 3.54. The fourth-order valence-electron chi connectivity index (χ4n) is 11.1. The van der Waals surface area contributed by atoms with Gasteiger partial charge in [0.1, 0.15) is 35.6 Å². The van der Waals surface area contributed by atoms with Gasteiger partial charge in [0.15, 0.2) is 0 Å². The van der Waals surface area contributed by atoms with Crippen molar-refractivity contribution in [3.8, 4) is 0 Å². The van der Waals surface area contributed by atoms with Crippen molar-refractivity contribution < 1.29 is 33.5 Å². The molecule has 2 aromatic heterocycles. The minimum atomic E-state index is -0.915. The number of hydrogen-bond donors (Lipinski definition) is 6. The van der Waals surface area contributed by atoms with Crippen molar-refractivity contribution in [2.24, 2.45) is 10.8 Å². The number of fused-ring (bicyclic) bond motifs is 2. The molecule has 2 aromatic carbocycles. The summed E-state index contributed by atoms with van der Waals surface area (Å²) in [7, 11) is 3.37. The topological polar surface area (TPSA) is 252 Å². The van der Waals surface area contributed by atoms with Crippen molar-refractivity contribution in [1.29, 1.82) is 0 Å². The van der Waals surface area contributed by atoms with Gasteiger partial charge in [-0.05, 0) is 99.6 Å². The summed E-state index contributed by atoms with van der Waals surface area (Å²) in [6.45, 7) is 15.3. The van der Waals surface area contributed by atoms with Crippen LogP contribution in [-0.4, -0.2) is 139 Å². The molecule has 10 atom stereocenters. The molecular weight excluding hydrogens is 981 g/mol. The van der Waals surface area contributed by atoms with Crippen LogP contribution in [0, 0.1) is 10.8 Å². The molecule has 0 saturated carbocycles. The van der Waals surface area contributed by atoms with Crippen LogP contribution in [0.15, 0.2) is 60.9 Å². The molecule has 21 nitrogen and oxygen atoms in total. The number of hydrogen-bond acceptors (Lipinski definition) is 13. The molecule has 77 heavy (non-hydrogen) atoms. The summed E-state index contributed by atoms with van der Waals surface area (Å²) in [6, 6.07) is 10.5. The van der Waals surface area contributed by atoms with E-state index >= 15 is 0 Å². The van der Waals surface area contributed by atoms with Crippen molar-refractivity contribution in [1.82, 2.24) is 71.7 Å². The maximum absolute atomic E-state index is 14.7. The lowest BCUT2D eigenvalue weighted by molar-refractivity contribution is -0.144. The van der Waals surface area contributed by atoms with Gasteiger partial charge >= 0.3 is 0 Å². The fourth-order valence-corrected chi connectivity index (χ4v) is 11.1. The van der Waals surface area contributed by atoms with Crippen LogP contribution in [0.4, 0.5) is 0 Å². The number of rotatable bonds is 18. The van der Waals surface area contributed by atoms with Gasteiger partial charge in [0.2, 0.25) is 35.4 Å². The zero-order valence-electron chi connectivity index (χ0n) is 46.5. The van der Waals surface area contributed by atoms with Crippen molar-refractivity contribution in [2.45, 2.75) is 180 Å². The highest BCUT2D eigenvalue weighted by Crippen LogP contribution is 2.36. The minimum Gasteiger partial charge on any atom is -0.369 e. The van der Waals surface area contributed by atoms with Gasteiger partial charge in [-0.3, -0.25) is 28.8 Å². The van der Waals surface area contributed by atoms with Crippen LogP contribution in [0.25, 0.3) is 0 Å². The van der Waals surface area contributed by atoms with Crippen molar-refractivity contribution in [3.63, 3.8) is 0 Å². The number of likely N-dealkylation sites (N-methyl/N-ethyl adjacent to an activating group) is 2. The molecule has 2 fully saturated rings. The number of benzene rings is 2. The second-order valence-corrected chi connectivity index (χ2v) is 23.6. The third-order valence-corrected chi connectivity index (χ3v) is 15.9. The summed E-state index contributed by atoms with van der Waals surface area (Å²) in [5, 5.41) is 36.1. The molecule has 2 aliphatic carbocycles. The Morgan fingerprint density at radius 2 is 1.00 bits per heavy atom. The first kappa shape index (κ1) is 56.6. The second kappa shape index (κ2) is 24.0. The normalized spacial score (nSPS) is 23.0. The Hall–Kier alpha value is -6.58. The summed E-state index contributed by atoms with van der Waals surface area (Å²) in [6.07, 6.45) is 9.37. The van der Waals surface area contributed by atoms with Gasteiger partial charge in [0.05, 0.1) is 61.9 Å². The number of ether oxygens (including phenoxy) is 1. The van der Waals surface area contributed by atoms with E-state index in [-0.39, 0.29) is 86.7 Å². The molecule has 0 spiro atoms. The molecule has 1 unspecified atom stereocenters. The van der Waals surface area contributed by atoms with E-state index in [1.165, 1.54) is 11.1 Å². The number of amides is 6. The Bertz CT molecular complexity index is 2580. The lowest BCUT2D eigenvalue weighted by atomic mass is 9.85. The van der Waals surface area contributed by atoms with Crippen LogP contribution in [0.3, 0.4) is 0 Å². The summed E-state index contributed by atoms with van der Waals surface area (Å²) >= 11 is 0. The number of likely N-dealkylation sites (tertiary alicyclic amines) is 2. The Labute approximate surface area is 452 Å². The zero-order valence-corrected chi connectivity index (χ0v) is 46.5. The van der Waals surface area contributed by atoms with Crippen LogP contribution < -0.4 is 31.9 Å². The van der Waals surface area contributed by atoms with Crippen molar-refractivity contribution in [3.05, 3.63) is 94.6 Å². The number of nitrogens with one attached hydrogen (secondary N) is 6. The maximum atomic E-state index is 14.7. The number of aromatic nitrogens is 6. The van der Waals surface area contributed by atoms with Crippen LogP contribution in [0.5, 0.6) is 0 Å². The molecule has 2 saturated heterocycles. The number of carbonyl (C=O) groups excluding carboxylic acids is 6. The van der Waals surface area contributed by atoms with Gasteiger partial charge < -0.3 is 46.4 Å². The van der Waals surface area contributed by atoms with Crippen molar-refractivity contribution >= 4 is 35.4 Å². The SMILES string of the molecule is CN[C@@H](C)C(=O)NC(C(=O)N1C[C@@H](n2cc(COCc3cn([C@H]4C[C@@H](C(=O)N[C@@H]5CCCc6ccccc65)N(C(=O)[C@@H](NC(=O)[C@H](C)NC)C(C)(C)C)C4)nn3)nn2)C[C@H]1C(=O)N[C@@H]1CCCc2ccccc21)C(C)(C)C. The highest BCUT2D eigenvalue weighted by atomic mass is 16.5. The molecule has 4 aromatic rings. The first-order valence-corrected chi connectivity index (χ1v) is 27.4. The van der Waals surface area contributed by atoms with Crippen LogP contribution >= 0.6 is 0 Å². The summed E-state index contributed by atoms with van der Waals surface area (Å²) < 4.78 is 9.46. The summed E-state index contributed by atoms with van der Waals surface area (Å²) in [5.41, 5.74) is 4.27. The molecule has 416 valence electrons. The smallest absolute Gasteiger partial charge is 0.246 e. The molecule has 4 heterocycles. The summed E-state index contributed by atoms with van der Waals surface area (Å²) in [4.78, 5) is 87.9. The Balaban J connectivity index is 0.948. The molecule has 6 N–H and O–H groups in total. The van der Waals surface area contributed by atoms with Gasteiger partial charge in [-0.15, -0.1) is 10.2 Å². The average Bonchev–Trinajstić information content (AvgIpc) is 4.33. The van der Waals surface area contributed by atoms with Crippen LogP contribution in [0.2, 0.25) is 0 Å². The Morgan fingerprint density at radius 3 is 1.38 bits per heavy atom. The quantitative estimate of drug-likeness (QED) is 0.0836. The first-order chi connectivity index (χ1) is 36.6. The van der Waals surface area contributed by atoms with E-state index in [1.54, 1.807) is 59.5 Å². The molecule has 4 aliphatic rings. The van der Waals surface area contributed by atoms with E-state index in [2.05, 4.69) is 76.8 Å². The number of nitrogens with zero attached hydrogens (tertiary/aromatic N) is 8. The van der Waals surface area contributed by atoms with Gasteiger partial charge in [-0.25, -0.2) is 9.36 Å². The lowest BCUT2D eigenvalue weighted by Crippen LogP contribution is -2.59. The van der Waals surface area contributed by atoms with E-state index in [0.29, 0.717) is 11.4 Å². The number of carbonyl (C=O) groups is 6. The minimum absolute atomic E-state index is 0.0688. The van der Waals surface area contributed by atoms with E-state index in [1.807, 2.05) is 65.8 Å². The lowest BCUT2D eigenvalue weighted by Gasteiger charge is -2.36. The van der Waals surface area contributed by atoms with E-state index in [9.17, 15) is 28.8 Å². The molecule has 0 radical (unpaired) electrons. The van der Waals surface area contributed by atoms with E-state index in [4.69, 9.17) is 4.74 Å². The maximum Gasteiger partial charge on any atom is 0.246 e. The first-order valence-electron chi connectivity index (χ1n) is 27.4. The molecule has 21 heteroatoms. The standard InChI is InChI=1S/C56H80N14O7/c1-33(57-9)49(71)61-47(55(3,4)5)53(75)67-29-39(25-45(67)51(73)59-43-23-15-19-35-17-11-13-21-41(35)43)69-27-37(63-65-69)31-77-32-38-28-70(66-64-38)40-26-46(52(74)60-44-24-16-20-36-18-12-14-22-42(36)44)68(30-40)54(76)48(56(6,7)8)62-50(72)34(2)58-10/h11-14,17-18,21-22,27-28,33-34,39-40,43-48,57-58H,15-16,19-20,23-26,29-32H2,1-10H3,(H,59,73)(H,60,74)(H,61,71)(H,62,72)/t33-,34-,39-,40-,43+,44+,45-,46-,47+,48?/m0/s1. The molecular formula is C56H80N14O7. The third-order valence-electron chi connectivity index (χ3n) is 15.9. The Kier molecular flexibility index (Phi) is 17.6. The van der Waals surface area contributed by atoms with Crippen LogP contribution in [0.1, 0.15) is 152 Å². The molecule has 0 bridgehead atoms. The zero-order chi connectivity index (χ0) is 55.3. The van der Waals surface area contributed by atoms with Gasteiger partial charge in [-0.1, -0.05) is 101 Å².